The first-order valence-corrected chi connectivity index (χ1v) is 7.67. The molecule has 1 aromatic heterocycles. The maximum Gasteiger partial charge on any atom is 0.282 e. The summed E-state index contributed by atoms with van der Waals surface area (Å²) < 4.78 is 54.7. The van der Waals surface area contributed by atoms with Crippen LogP contribution in [-0.4, -0.2) is 20.6 Å². The van der Waals surface area contributed by atoms with Gasteiger partial charge in [0.25, 0.3) is 11.6 Å². The maximum absolute atomic E-state index is 13.7. The average Bonchev–Trinajstić information content (AvgIpc) is 3.10. The molecule has 0 spiro atoms. The number of nitrogens with zero attached hydrogens (tertiary/aromatic N) is 3. The number of anilines is 1. The molecule has 3 rings (SSSR count). The normalized spacial score (nSPS) is 10.7. The van der Waals surface area contributed by atoms with Gasteiger partial charge < -0.3 is 5.32 Å². The molecule has 0 bridgehead atoms. The summed E-state index contributed by atoms with van der Waals surface area (Å²) in [4.78, 5) is 22.5. The Morgan fingerprint density at radius 2 is 1.86 bits per heavy atom. The number of carbonyl (C=O) groups excluding carboxylic acids is 1. The molecule has 28 heavy (non-hydrogen) atoms. The second kappa shape index (κ2) is 7.47. The van der Waals surface area contributed by atoms with Crippen LogP contribution in [0.4, 0.5) is 28.9 Å². The van der Waals surface area contributed by atoms with Crippen molar-refractivity contribution < 1.29 is 27.3 Å². The number of carbonyl (C=O) groups is 1. The number of hydrogen-bond acceptors (Lipinski definition) is 4. The van der Waals surface area contributed by atoms with Crippen LogP contribution in [0.15, 0.2) is 42.7 Å². The summed E-state index contributed by atoms with van der Waals surface area (Å²) in [5.41, 5.74) is -1.28. The standard InChI is InChI=1S/C17H10F4N4O3/c18-12-5-13(19)16(21)15(20)11(12)8-24-7-9(6-22-24)23-17(26)10-3-1-2-4-14(10)25(27)28/h1-7H,8H2,(H,23,26). The van der Waals surface area contributed by atoms with Crippen LogP contribution in [0.2, 0.25) is 0 Å². The predicted molar refractivity (Wildman–Crippen MR) is 88.7 cm³/mol. The van der Waals surface area contributed by atoms with Crippen LogP contribution in [0, 0.1) is 33.4 Å². The minimum absolute atomic E-state index is 0.0755. The van der Waals surface area contributed by atoms with Crippen molar-refractivity contribution in [3.05, 3.63) is 87.2 Å². The molecule has 7 nitrogen and oxygen atoms in total. The Morgan fingerprint density at radius 1 is 1.14 bits per heavy atom. The zero-order valence-electron chi connectivity index (χ0n) is 13.8. The molecule has 144 valence electrons. The van der Waals surface area contributed by atoms with Crippen LogP contribution >= 0.6 is 0 Å². The van der Waals surface area contributed by atoms with Gasteiger partial charge in [-0.15, -0.1) is 0 Å². The van der Waals surface area contributed by atoms with E-state index in [0.29, 0.717) is 0 Å². The van der Waals surface area contributed by atoms with E-state index in [0.717, 1.165) is 16.9 Å². The second-order valence-electron chi connectivity index (χ2n) is 5.60. The van der Waals surface area contributed by atoms with Crippen LogP contribution in [0.1, 0.15) is 15.9 Å². The molecular weight excluding hydrogens is 384 g/mol. The van der Waals surface area contributed by atoms with Gasteiger partial charge in [0, 0.05) is 23.9 Å². The Balaban J connectivity index is 1.80. The topological polar surface area (TPSA) is 90.1 Å². The SMILES string of the molecule is O=C(Nc1cnn(Cc2c(F)cc(F)c(F)c2F)c1)c1ccccc1[N+](=O)[O-]. The molecule has 0 unspecified atom stereocenters. The highest BCUT2D eigenvalue weighted by Crippen LogP contribution is 2.22. The lowest BCUT2D eigenvalue weighted by Crippen LogP contribution is -2.13. The summed E-state index contributed by atoms with van der Waals surface area (Å²) in [6, 6.07) is 5.48. The third kappa shape index (κ3) is 3.68. The third-order valence-corrected chi connectivity index (χ3v) is 3.77. The summed E-state index contributed by atoms with van der Waals surface area (Å²) >= 11 is 0. The van der Waals surface area contributed by atoms with Crippen LogP contribution in [-0.2, 0) is 6.54 Å². The fourth-order valence-electron chi connectivity index (χ4n) is 2.45. The van der Waals surface area contributed by atoms with Crippen LogP contribution in [0.25, 0.3) is 0 Å². The molecule has 11 heteroatoms. The first-order chi connectivity index (χ1) is 13.3. The van der Waals surface area contributed by atoms with E-state index >= 15 is 0 Å². The highest BCUT2D eigenvalue weighted by molar-refractivity contribution is 6.06. The number of aromatic nitrogens is 2. The lowest BCUT2D eigenvalue weighted by molar-refractivity contribution is -0.385. The van der Waals surface area contributed by atoms with Crippen molar-refractivity contribution >= 4 is 17.3 Å². The quantitative estimate of drug-likeness (QED) is 0.235. The molecule has 0 aliphatic rings. The number of benzene rings is 2. The van der Waals surface area contributed by atoms with E-state index < -0.39 is 51.9 Å². The summed E-state index contributed by atoms with van der Waals surface area (Å²) in [7, 11) is 0. The average molecular weight is 394 g/mol. The molecule has 0 aliphatic carbocycles. The number of nitro groups is 1. The predicted octanol–water partition coefficient (Wildman–Crippen LogP) is 3.65. The number of amides is 1. The Bertz CT molecular complexity index is 1080. The molecule has 0 radical (unpaired) electrons. The Hall–Kier alpha value is -3.76. The number of hydrogen-bond donors (Lipinski definition) is 1. The number of para-hydroxylation sites is 1. The summed E-state index contributed by atoms with van der Waals surface area (Å²) in [5.74, 6) is -7.24. The van der Waals surface area contributed by atoms with E-state index in [-0.39, 0.29) is 17.3 Å². The summed E-state index contributed by atoms with van der Waals surface area (Å²) in [6.45, 7) is -0.573. The minimum atomic E-state index is -1.81. The van der Waals surface area contributed by atoms with E-state index in [1.807, 2.05) is 0 Å². The highest BCUT2D eigenvalue weighted by Gasteiger charge is 2.21. The Labute approximate surface area is 154 Å². The zero-order chi connectivity index (χ0) is 20.4. The van der Waals surface area contributed by atoms with Crippen LogP contribution < -0.4 is 5.32 Å². The van der Waals surface area contributed by atoms with Crippen LogP contribution in [0.3, 0.4) is 0 Å². The first kappa shape index (κ1) is 19.0. The van der Waals surface area contributed by atoms with Gasteiger partial charge >= 0.3 is 0 Å². The fourth-order valence-corrected chi connectivity index (χ4v) is 2.45. The van der Waals surface area contributed by atoms with Gasteiger partial charge in [-0.1, -0.05) is 12.1 Å². The number of halogens is 4. The van der Waals surface area contributed by atoms with Crippen molar-refractivity contribution in [2.24, 2.45) is 0 Å². The lowest BCUT2D eigenvalue weighted by Gasteiger charge is -2.07. The van der Waals surface area contributed by atoms with Gasteiger partial charge in [0.05, 0.1) is 23.4 Å². The molecule has 2 aromatic carbocycles. The molecule has 0 saturated heterocycles. The molecule has 0 atom stereocenters. The van der Waals surface area contributed by atoms with Gasteiger partial charge in [-0.2, -0.15) is 5.10 Å². The van der Waals surface area contributed by atoms with E-state index in [2.05, 4.69) is 10.4 Å². The third-order valence-electron chi connectivity index (χ3n) is 3.77. The van der Waals surface area contributed by atoms with Crippen molar-refractivity contribution in [1.82, 2.24) is 9.78 Å². The smallest absolute Gasteiger partial charge is 0.282 e. The van der Waals surface area contributed by atoms with E-state index in [9.17, 15) is 32.5 Å². The number of rotatable bonds is 5. The van der Waals surface area contributed by atoms with E-state index in [1.54, 1.807) is 0 Å². The van der Waals surface area contributed by atoms with Crippen molar-refractivity contribution in [1.29, 1.82) is 0 Å². The minimum Gasteiger partial charge on any atom is -0.319 e. The fraction of sp³-hybridized carbons (Fsp3) is 0.0588. The lowest BCUT2D eigenvalue weighted by atomic mass is 10.1. The molecule has 3 aromatic rings. The van der Waals surface area contributed by atoms with Crippen molar-refractivity contribution in [2.45, 2.75) is 6.54 Å². The monoisotopic (exact) mass is 394 g/mol. The van der Waals surface area contributed by atoms with Crippen molar-refractivity contribution in [3.63, 3.8) is 0 Å². The number of nitrogens with one attached hydrogen (secondary N) is 1. The zero-order valence-corrected chi connectivity index (χ0v) is 13.8. The molecule has 1 heterocycles. The molecule has 0 aliphatic heterocycles. The second-order valence-corrected chi connectivity index (χ2v) is 5.60. The summed E-state index contributed by atoms with van der Waals surface area (Å²) in [6.07, 6.45) is 2.30. The molecular formula is C17H10F4N4O3. The van der Waals surface area contributed by atoms with E-state index in [4.69, 9.17) is 0 Å². The van der Waals surface area contributed by atoms with E-state index in [1.165, 1.54) is 24.4 Å². The highest BCUT2D eigenvalue weighted by atomic mass is 19.2. The summed E-state index contributed by atoms with van der Waals surface area (Å²) in [5, 5.41) is 17.1. The Morgan fingerprint density at radius 3 is 2.57 bits per heavy atom. The molecule has 1 amide bonds. The molecule has 0 fully saturated rings. The number of nitro benzene ring substituents is 1. The van der Waals surface area contributed by atoms with Crippen molar-refractivity contribution in [3.8, 4) is 0 Å². The van der Waals surface area contributed by atoms with Gasteiger partial charge in [-0.05, 0) is 6.07 Å². The van der Waals surface area contributed by atoms with Gasteiger partial charge in [-0.25, -0.2) is 17.6 Å². The van der Waals surface area contributed by atoms with Crippen LogP contribution in [0.5, 0.6) is 0 Å². The van der Waals surface area contributed by atoms with Gasteiger partial charge in [-0.3, -0.25) is 19.6 Å². The Kier molecular flexibility index (Phi) is 5.07. The van der Waals surface area contributed by atoms with Gasteiger partial charge in [0.2, 0.25) is 0 Å². The molecule has 1 N–H and O–H groups in total. The maximum atomic E-state index is 13.7. The first-order valence-electron chi connectivity index (χ1n) is 7.67. The van der Waals surface area contributed by atoms with Gasteiger partial charge in [0.15, 0.2) is 17.5 Å². The molecule has 0 saturated carbocycles. The van der Waals surface area contributed by atoms with Crippen molar-refractivity contribution in [2.75, 3.05) is 5.32 Å². The largest absolute Gasteiger partial charge is 0.319 e. The van der Waals surface area contributed by atoms with Gasteiger partial charge in [0.1, 0.15) is 11.4 Å².